The molecule has 0 aromatic carbocycles. The van der Waals surface area contributed by atoms with Gasteiger partial charge in [-0.05, 0) is 25.0 Å². The van der Waals surface area contributed by atoms with Gasteiger partial charge in [0.2, 0.25) is 25.2 Å². The molecule has 0 saturated carbocycles. The number of hydrogen-bond acceptors (Lipinski definition) is 7. The molecule has 0 saturated heterocycles. The van der Waals surface area contributed by atoms with Crippen LogP contribution in [0.15, 0.2) is 91.8 Å². The van der Waals surface area contributed by atoms with E-state index in [2.05, 4.69) is 29.5 Å². The van der Waals surface area contributed by atoms with Gasteiger partial charge in [0.05, 0.1) is 0 Å². The Kier molecular flexibility index (Phi) is 45.4. The van der Waals surface area contributed by atoms with E-state index in [1.165, 1.54) is 180 Å². The lowest BCUT2D eigenvalue weighted by molar-refractivity contribution is -0.700. The van der Waals surface area contributed by atoms with Gasteiger partial charge in [-0.1, -0.05) is 212 Å². The second-order valence-corrected chi connectivity index (χ2v) is 17.9. The summed E-state index contributed by atoms with van der Waals surface area (Å²) in [5, 5.41) is 5.95. The second kappa shape index (κ2) is 48.2. The Morgan fingerprint density at radius 1 is 0.400 bits per heavy atom. The van der Waals surface area contributed by atoms with Gasteiger partial charge in [-0.15, -0.1) is 0 Å². The summed E-state index contributed by atoms with van der Waals surface area (Å²) in [5.74, 6) is 0.335. The summed E-state index contributed by atoms with van der Waals surface area (Å²) in [5.41, 5.74) is 0. The maximum atomic E-state index is 11.8. The third-order valence-electron chi connectivity index (χ3n) is 11.1. The summed E-state index contributed by atoms with van der Waals surface area (Å²) in [7, 11) is -5.17. The third kappa shape index (κ3) is 52.8. The van der Waals surface area contributed by atoms with Crippen molar-refractivity contribution in [1.29, 1.82) is 0 Å². The highest BCUT2D eigenvalue weighted by Crippen LogP contribution is 2.15. The number of amides is 2. The van der Waals surface area contributed by atoms with Gasteiger partial charge >= 0.3 is 0 Å². The van der Waals surface area contributed by atoms with Crippen LogP contribution in [0.5, 0.6) is 0 Å². The van der Waals surface area contributed by atoms with Crippen LogP contribution < -0.4 is 19.8 Å². The van der Waals surface area contributed by atoms with E-state index in [1.54, 1.807) is 12.4 Å². The van der Waals surface area contributed by atoms with E-state index in [-0.39, 0.29) is 11.8 Å². The van der Waals surface area contributed by atoms with Crippen LogP contribution in [-0.2, 0) is 33.3 Å². The number of nitrogens with one attached hydrogen (secondary N) is 2. The van der Waals surface area contributed by atoms with Crippen molar-refractivity contribution in [2.75, 3.05) is 0 Å². The molecule has 3 rings (SSSR count). The van der Waals surface area contributed by atoms with Crippen LogP contribution in [0.4, 0.5) is 0 Å². The van der Waals surface area contributed by atoms with Crippen LogP contribution in [-0.4, -0.2) is 34.3 Å². The Morgan fingerprint density at radius 3 is 0.846 bits per heavy atom. The molecule has 0 radical (unpaired) electrons. The lowest BCUT2D eigenvalue weighted by atomic mass is 10.0. The van der Waals surface area contributed by atoms with Crippen LogP contribution in [0.3, 0.4) is 0 Å². The molecule has 11 nitrogen and oxygen atoms in total. The highest BCUT2D eigenvalue weighted by atomic mass is 32.3. The molecule has 0 aliphatic heterocycles. The summed E-state index contributed by atoms with van der Waals surface area (Å²) in [6.07, 6.45) is 53.4. The van der Waals surface area contributed by atoms with E-state index in [4.69, 9.17) is 17.5 Å². The average Bonchev–Trinajstić information content (AvgIpc) is 3.31. The number of carbonyl (C=O) groups excluding carboxylic acids is 2. The summed E-state index contributed by atoms with van der Waals surface area (Å²) in [4.78, 5) is 27.4. The van der Waals surface area contributed by atoms with E-state index >= 15 is 0 Å². The molecule has 370 valence electrons. The number of aromatic nitrogens is 3. The molecular formula is C53H91N5O6S. The summed E-state index contributed by atoms with van der Waals surface area (Å²) in [6.45, 7) is 5.70. The number of nitrogens with zero attached hydrogens (tertiary/aromatic N) is 3. The zero-order valence-electron chi connectivity index (χ0n) is 40.9. The van der Waals surface area contributed by atoms with Gasteiger partial charge in [-0.25, -0.2) is 0 Å². The topological polar surface area (TPSA) is 159 Å². The molecule has 2 amide bonds. The molecule has 0 bridgehead atoms. The first-order valence-electron chi connectivity index (χ1n) is 25.6. The number of pyridine rings is 3. The molecule has 3 aromatic heterocycles. The quantitative estimate of drug-likeness (QED) is 0.0254. The molecule has 0 aliphatic rings. The van der Waals surface area contributed by atoms with Gasteiger partial charge in [0.1, 0.15) is 0 Å². The van der Waals surface area contributed by atoms with E-state index in [1.807, 2.05) is 88.5 Å². The minimum absolute atomic E-state index is 0.168. The molecule has 65 heavy (non-hydrogen) atoms. The molecule has 0 spiro atoms. The van der Waals surface area contributed by atoms with E-state index in [0.29, 0.717) is 26.2 Å². The van der Waals surface area contributed by atoms with Gasteiger partial charge in [0.15, 0.2) is 24.8 Å². The maximum absolute atomic E-state index is 11.8. The van der Waals surface area contributed by atoms with E-state index in [0.717, 1.165) is 12.8 Å². The number of unbranched alkanes of at least 4 members (excludes halogenated alkanes) is 28. The smallest absolute Gasteiger partial charge is 0.224 e. The summed E-state index contributed by atoms with van der Waals surface area (Å²) >= 11 is 0. The third-order valence-corrected chi connectivity index (χ3v) is 11.1. The zero-order valence-corrected chi connectivity index (χ0v) is 41.7. The minimum atomic E-state index is -5.17. The van der Waals surface area contributed by atoms with Gasteiger partial charge in [0, 0.05) is 59.9 Å². The highest BCUT2D eigenvalue weighted by molar-refractivity contribution is 7.79. The Morgan fingerprint density at radius 2 is 0.631 bits per heavy atom. The molecule has 12 heteroatoms. The van der Waals surface area contributed by atoms with Gasteiger partial charge in [0.25, 0.3) is 0 Å². The largest absolute Gasteiger partial charge is 0.759 e. The number of hydrogen-bond donors (Lipinski definition) is 2. The monoisotopic (exact) mass is 926 g/mol. The van der Waals surface area contributed by atoms with Crippen LogP contribution in [0.2, 0.25) is 0 Å². The Hall–Kier alpha value is -3.74. The maximum Gasteiger partial charge on any atom is 0.224 e. The van der Waals surface area contributed by atoms with Gasteiger partial charge in [-0.3, -0.25) is 23.0 Å². The lowest BCUT2D eigenvalue weighted by Crippen LogP contribution is -2.42. The van der Waals surface area contributed by atoms with Crippen LogP contribution in [0.25, 0.3) is 0 Å². The van der Waals surface area contributed by atoms with Crippen LogP contribution >= 0.6 is 0 Å². The molecule has 3 aromatic rings. The highest BCUT2D eigenvalue weighted by Gasteiger charge is 2.05. The fourth-order valence-corrected chi connectivity index (χ4v) is 7.24. The summed E-state index contributed by atoms with van der Waals surface area (Å²) < 4.78 is 38.0. The minimum Gasteiger partial charge on any atom is -0.759 e. The number of rotatable bonds is 36. The molecule has 0 unspecified atom stereocenters. The van der Waals surface area contributed by atoms with Crippen molar-refractivity contribution in [3.05, 3.63) is 91.8 Å². The Bertz CT molecular complexity index is 1420. The summed E-state index contributed by atoms with van der Waals surface area (Å²) in [6, 6.07) is 17.6. The van der Waals surface area contributed by atoms with Crippen molar-refractivity contribution in [3.63, 3.8) is 0 Å². The van der Waals surface area contributed by atoms with Crippen molar-refractivity contribution in [1.82, 2.24) is 15.6 Å². The first kappa shape index (κ1) is 61.3. The molecule has 0 aliphatic carbocycles. The standard InChI is InChI=1S/2C24H42N2O.C5H5N.H2O4S/c2*1-2-3-4-5-6-7-8-9-10-11-12-13-14-15-17-20-24(27)25-23-26-21-18-16-19-22-26;1-2-4-6-5-3-1;1-5(2,3)4/h2*16,18-19,21-22H,2-15,17,20,23H2,1H3;1-5H;(H2,1,2,3,4). The SMILES string of the molecule is CCCCCCCCCCCCCCCCCC(=O)NC[n+]1ccccc1.CCCCCCCCCCCCCCCCCC(=O)NC[n+]1ccccc1.O=S(=O)([O-])[O-].c1ccncc1. The molecule has 0 fully saturated rings. The Balaban J connectivity index is 0.00000102. The molecule has 0 atom stereocenters. The fourth-order valence-electron chi connectivity index (χ4n) is 7.24. The van der Waals surface area contributed by atoms with E-state index in [9.17, 15) is 9.59 Å². The van der Waals surface area contributed by atoms with Gasteiger partial charge in [-0.2, -0.15) is 9.13 Å². The fraction of sp³-hybridized carbons (Fsp3) is 0.679. The van der Waals surface area contributed by atoms with Crippen LogP contribution in [0.1, 0.15) is 219 Å². The van der Waals surface area contributed by atoms with Crippen molar-refractivity contribution in [3.8, 4) is 0 Å². The number of carbonyl (C=O) groups is 2. The molecule has 2 N–H and O–H groups in total. The van der Waals surface area contributed by atoms with E-state index < -0.39 is 10.4 Å². The first-order chi connectivity index (χ1) is 31.7. The molecule has 3 heterocycles. The van der Waals surface area contributed by atoms with Gasteiger partial charge < -0.3 is 19.7 Å². The lowest BCUT2D eigenvalue weighted by Gasteiger charge is -2.06. The predicted molar refractivity (Wildman–Crippen MR) is 263 cm³/mol. The normalized spacial score (nSPS) is 10.6. The van der Waals surface area contributed by atoms with Crippen molar-refractivity contribution in [2.45, 2.75) is 233 Å². The van der Waals surface area contributed by atoms with Crippen molar-refractivity contribution >= 4 is 22.2 Å². The second-order valence-electron chi connectivity index (χ2n) is 17.1. The Labute approximate surface area is 397 Å². The van der Waals surface area contributed by atoms with Crippen molar-refractivity contribution in [2.24, 2.45) is 0 Å². The average molecular weight is 926 g/mol. The van der Waals surface area contributed by atoms with Crippen LogP contribution in [0, 0.1) is 0 Å². The predicted octanol–water partition coefficient (Wildman–Crippen LogP) is 12.4. The molecular weight excluding hydrogens is 835 g/mol. The van der Waals surface area contributed by atoms with Crippen molar-refractivity contribution < 1.29 is 36.2 Å². The zero-order chi connectivity index (χ0) is 47.6. The first-order valence-corrected chi connectivity index (χ1v) is 26.9.